The fraction of sp³-hybridized carbons (Fsp3) is 0.0588. The predicted octanol–water partition coefficient (Wildman–Crippen LogP) is 5.07. The highest BCUT2D eigenvalue weighted by Crippen LogP contribution is 2.35. The number of rotatable bonds is 5. The Labute approximate surface area is 142 Å². The van der Waals surface area contributed by atoms with Crippen LogP contribution in [0.1, 0.15) is 5.56 Å². The van der Waals surface area contributed by atoms with Gasteiger partial charge in [0.2, 0.25) is 0 Å². The highest BCUT2D eigenvalue weighted by Gasteiger charge is 2.04. The first-order chi connectivity index (χ1) is 11.7. The zero-order valence-corrected chi connectivity index (χ0v) is 13.5. The summed E-state index contributed by atoms with van der Waals surface area (Å²) in [5, 5.41) is 33.9. The van der Waals surface area contributed by atoms with E-state index in [9.17, 15) is 5.11 Å². The quantitative estimate of drug-likeness (QED) is 0.303. The smallest absolute Gasteiger partial charge is 0.0887 e. The van der Waals surface area contributed by atoms with E-state index in [-0.39, 0.29) is 5.75 Å². The van der Waals surface area contributed by atoms with Gasteiger partial charge in [-0.1, -0.05) is 47.2 Å². The van der Waals surface area contributed by atoms with E-state index in [1.54, 1.807) is 24.3 Å². The van der Waals surface area contributed by atoms with Crippen LogP contribution in [-0.4, -0.2) is 5.26 Å². The minimum atomic E-state index is -0.171. The van der Waals surface area contributed by atoms with Gasteiger partial charge in [0.05, 0.1) is 23.4 Å². The molecule has 7 heteroatoms. The van der Waals surface area contributed by atoms with Crippen LogP contribution in [0.3, 0.4) is 0 Å². The van der Waals surface area contributed by atoms with Crippen molar-refractivity contribution in [1.29, 1.82) is 0 Å². The molecule has 3 rings (SSSR count). The lowest BCUT2D eigenvalue weighted by atomic mass is 10.1. The van der Waals surface area contributed by atoms with Crippen LogP contribution in [0.5, 0.6) is 5.75 Å². The molecule has 0 unspecified atom stereocenters. The summed E-state index contributed by atoms with van der Waals surface area (Å²) in [4.78, 5) is 0.732. The fourth-order valence-electron chi connectivity index (χ4n) is 2.29. The number of hydrogen-bond acceptors (Lipinski definition) is 7. The molecule has 0 saturated heterocycles. The number of azo groups is 1. The van der Waals surface area contributed by atoms with Crippen molar-refractivity contribution >= 4 is 34.2 Å². The van der Waals surface area contributed by atoms with Crippen molar-refractivity contribution in [3.63, 3.8) is 0 Å². The Morgan fingerprint density at radius 3 is 2.67 bits per heavy atom. The summed E-state index contributed by atoms with van der Waals surface area (Å²) in [7, 11) is 0. The average Bonchev–Trinajstić information content (AvgIpc) is 2.60. The minimum Gasteiger partial charge on any atom is -0.871 e. The Bertz CT molecular complexity index is 899. The van der Waals surface area contributed by atoms with Crippen LogP contribution in [0.2, 0.25) is 0 Å². The first kappa shape index (κ1) is 16.4. The molecule has 6 nitrogen and oxygen atoms in total. The van der Waals surface area contributed by atoms with Crippen LogP contribution in [0.15, 0.2) is 69.7 Å². The molecule has 0 atom stereocenters. The van der Waals surface area contributed by atoms with Gasteiger partial charge in [0.1, 0.15) is 0 Å². The van der Waals surface area contributed by atoms with Gasteiger partial charge >= 0.3 is 0 Å². The van der Waals surface area contributed by atoms with E-state index in [1.807, 2.05) is 31.2 Å². The zero-order chi connectivity index (χ0) is 16.9. The van der Waals surface area contributed by atoms with Crippen molar-refractivity contribution in [2.75, 3.05) is 0 Å². The largest absolute Gasteiger partial charge is 0.871 e. The second-order valence-corrected chi connectivity index (χ2v) is 5.78. The molecule has 0 amide bonds. The summed E-state index contributed by atoms with van der Waals surface area (Å²) in [6, 6.07) is 16.1. The number of nitrogens with zero attached hydrogens (tertiary/aromatic N) is 2. The Hall–Kier alpha value is -2.45. The summed E-state index contributed by atoms with van der Waals surface area (Å²) >= 11 is 0.868. The molecular formula is C17H13N2O4S-. The van der Waals surface area contributed by atoms with E-state index >= 15 is 0 Å². The molecule has 0 saturated carbocycles. The van der Waals surface area contributed by atoms with E-state index in [4.69, 9.17) is 5.26 Å². The van der Waals surface area contributed by atoms with Crippen molar-refractivity contribution in [1.82, 2.24) is 0 Å². The van der Waals surface area contributed by atoms with Crippen LogP contribution < -0.4 is 5.11 Å². The molecule has 0 spiro atoms. The van der Waals surface area contributed by atoms with Gasteiger partial charge in [-0.25, -0.2) is 5.26 Å². The van der Waals surface area contributed by atoms with E-state index in [0.29, 0.717) is 11.4 Å². The molecular weight excluding hydrogens is 328 g/mol. The van der Waals surface area contributed by atoms with Gasteiger partial charge in [-0.2, -0.15) is 10.2 Å². The molecule has 0 fully saturated rings. The molecule has 0 aliphatic heterocycles. The van der Waals surface area contributed by atoms with Crippen LogP contribution >= 0.6 is 12.0 Å². The molecule has 122 valence electrons. The molecule has 0 bridgehead atoms. The maximum absolute atomic E-state index is 12.1. The Morgan fingerprint density at radius 1 is 1.04 bits per heavy atom. The van der Waals surface area contributed by atoms with Crippen LogP contribution in [-0.2, 0) is 9.37 Å². The van der Waals surface area contributed by atoms with Gasteiger partial charge in [0.25, 0.3) is 0 Å². The van der Waals surface area contributed by atoms with Crippen molar-refractivity contribution < 1.29 is 19.7 Å². The van der Waals surface area contributed by atoms with Crippen molar-refractivity contribution in [2.45, 2.75) is 11.8 Å². The molecule has 3 aromatic rings. The molecule has 1 N–H and O–H groups in total. The number of fused-ring (bicyclic) bond motifs is 1. The SMILES string of the molecule is Cc1cc(SOOO)ccc1N=Nc1c([O-])ccc2ccccc12. The fourth-order valence-corrected chi connectivity index (χ4v) is 2.75. The third-order valence-corrected chi connectivity index (χ3v) is 4.03. The lowest BCUT2D eigenvalue weighted by Gasteiger charge is -2.11. The highest BCUT2D eigenvalue weighted by atomic mass is 32.2. The minimum absolute atomic E-state index is 0.171. The topological polar surface area (TPSA) is 86.5 Å². The van der Waals surface area contributed by atoms with Gasteiger partial charge in [-0.05, 0) is 36.1 Å². The highest BCUT2D eigenvalue weighted by molar-refractivity contribution is 7.94. The molecule has 0 radical (unpaired) electrons. The van der Waals surface area contributed by atoms with Crippen molar-refractivity contribution in [3.05, 3.63) is 60.2 Å². The molecule has 3 aromatic carbocycles. The molecule has 0 aliphatic carbocycles. The number of hydrogen-bond donors (Lipinski definition) is 1. The van der Waals surface area contributed by atoms with Gasteiger partial charge < -0.3 is 5.11 Å². The van der Waals surface area contributed by atoms with E-state index < -0.39 is 0 Å². The molecule has 0 aliphatic rings. The predicted molar refractivity (Wildman–Crippen MR) is 89.4 cm³/mol. The molecule has 0 aromatic heterocycles. The Kier molecular flexibility index (Phi) is 5.07. The van der Waals surface area contributed by atoms with Crippen molar-refractivity contribution in [2.24, 2.45) is 10.2 Å². The second-order valence-electron chi connectivity index (χ2n) is 5.01. The molecule has 0 heterocycles. The number of benzene rings is 3. The normalized spacial score (nSPS) is 11.4. The van der Waals surface area contributed by atoms with E-state index in [1.165, 1.54) is 6.07 Å². The third kappa shape index (κ3) is 3.55. The van der Waals surface area contributed by atoms with Crippen LogP contribution in [0.4, 0.5) is 11.4 Å². The summed E-state index contributed by atoms with van der Waals surface area (Å²) in [6.07, 6.45) is 0. The average molecular weight is 341 g/mol. The summed E-state index contributed by atoms with van der Waals surface area (Å²) in [5.41, 5.74) is 1.80. The Morgan fingerprint density at radius 2 is 1.88 bits per heavy atom. The zero-order valence-electron chi connectivity index (χ0n) is 12.7. The van der Waals surface area contributed by atoms with Gasteiger partial charge in [-0.15, -0.1) is 4.33 Å². The van der Waals surface area contributed by atoms with Gasteiger partial charge in [-0.3, -0.25) is 0 Å². The second kappa shape index (κ2) is 7.41. The van der Waals surface area contributed by atoms with Crippen LogP contribution in [0, 0.1) is 6.92 Å². The first-order valence-electron chi connectivity index (χ1n) is 7.05. The maximum Gasteiger partial charge on any atom is 0.0887 e. The first-order valence-corrected chi connectivity index (χ1v) is 7.79. The van der Waals surface area contributed by atoms with Crippen molar-refractivity contribution in [3.8, 4) is 5.75 Å². The van der Waals surface area contributed by atoms with E-state index in [0.717, 1.165) is 33.3 Å². The summed E-state index contributed by atoms with van der Waals surface area (Å²) < 4.78 is 4.38. The summed E-state index contributed by atoms with van der Waals surface area (Å²) in [6.45, 7) is 1.86. The van der Waals surface area contributed by atoms with Crippen LogP contribution in [0.25, 0.3) is 10.8 Å². The number of aryl methyl sites for hydroxylation is 1. The summed E-state index contributed by atoms with van der Waals surface area (Å²) in [5.74, 6) is -0.171. The van der Waals surface area contributed by atoms with Gasteiger partial charge in [0.15, 0.2) is 0 Å². The van der Waals surface area contributed by atoms with Gasteiger partial charge in [0, 0.05) is 10.3 Å². The monoisotopic (exact) mass is 341 g/mol. The van der Waals surface area contributed by atoms with E-state index in [2.05, 4.69) is 19.6 Å². The standard InChI is InChI=1S/C17H14N2O4S/c1-11-10-13(24-23-22-21)7-8-15(11)18-19-17-14-5-3-2-4-12(14)6-9-16(17)20/h2-10,20-21H,1H3/p-1. The lowest BCUT2D eigenvalue weighted by Crippen LogP contribution is -1.90. The third-order valence-electron chi connectivity index (χ3n) is 3.45. The Balaban J connectivity index is 1.93. The lowest BCUT2D eigenvalue weighted by molar-refractivity contribution is -0.432. The maximum atomic E-state index is 12.1. The molecule has 24 heavy (non-hydrogen) atoms.